The second-order valence-electron chi connectivity index (χ2n) is 4.40. The predicted octanol–water partition coefficient (Wildman–Crippen LogP) is 1.02. The predicted molar refractivity (Wildman–Crippen MR) is 67.1 cm³/mol. The number of rotatable bonds is 5. The second kappa shape index (κ2) is 4.64. The third-order valence-electron chi connectivity index (χ3n) is 2.42. The van der Waals surface area contributed by atoms with E-state index >= 15 is 0 Å². The summed E-state index contributed by atoms with van der Waals surface area (Å²) in [6.07, 6.45) is 1.87. The lowest BCUT2D eigenvalue weighted by Gasteiger charge is -2.17. The van der Waals surface area contributed by atoms with Crippen molar-refractivity contribution in [3.05, 3.63) is 24.3 Å². The van der Waals surface area contributed by atoms with E-state index in [0.29, 0.717) is 10.6 Å². The molecule has 0 saturated heterocycles. The Kier molecular flexibility index (Phi) is 3.37. The largest absolute Gasteiger partial charge is 0.318 e. The highest BCUT2D eigenvalue weighted by Gasteiger charge is 2.29. The van der Waals surface area contributed by atoms with E-state index < -0.39 is 10.0 Å². The number of hydrogen-bond donors (Lipinski definition) is 2. The van der Waals surface area contributed by atoms with Gasteiger partial charge in [-0.2, -0.15) is 0 Å². The van der Waals surface area contributed by atoms with E-state index in [1.165, 1.54) is 0 Å². The quantitative estimate of drug-likeness (QED) is 0.771. The molecule has 0 radical (unpaired) electrons. The van der Waals surface area contributed by atoms with Crippen LogP contribution in [0.15, 0.2) is 29.2 Å². The maximum atomic E-state index is 12.1. The van der Waals surface area contributed by atoms with E-state index in [-0.39, 0.29) is 6.04 Å². The lowest BCUT2D eigenvalue weighted by Crippen LogP contribution is -2.28. The third kappa shape index (κ3) is 3.18. The van der Waals surface area contributed by atoms with Gasteiger partial charge in [-0.3, -0.25) is 0 Å². The van der Waals surface area contributed by atoms with Crippen LogP contribution in [0, 0.1) is 0 Å². The molecule has 0 aromatic heterocycles. The molecule has 17 heavy (non-hydrogen) atoms. The molecule has 0 aliphatic heterocycles. The highest BCUT2D eigenvalue weighted by molar-refractivity contribution is 7.89. The average Bonchev–Trinajstić information content (AvgIpc) is 3.00. The highest BCUT2D eigenvalue weighted by atomic mass is 32.2. The van der Waals surface area contributed by atoms with E-state index in [1.807, 2.05) is 20.2 Å². The highest BCUT2D eigenvalue weighted by Crippen LogP contribution is 2.25. The maximum absolute atomic E-state index is 12.1. The lowest BCUT2D eigenvalue weighted by molar-refractivity contribution is 0.493. The molecule has 5 nitrogen and oxygen atoms in total. The van der Waals surface area contributed by atoms with Gasteiger partial charge in [0.1, 0.15) is 4.90 Å². The molecule has 1 fully saturated rings. The van der Waals surface area contributed by atoms with Crippen molar-refractivity contribution in [2.24, 2.45) is 0 Å². The molecule has 1 saturated carbocycles. The molecule has 1 aromatic rings. The first-order chi connectivity index (χ1) is 7.99. The molecule has 0 heterocycles. The molecule has 0 atom stereocenters. The summed E-state index contributed by atoms with van der Waals surface area (Å²) < 4.78 is 26.9. The molecular formula is C11H17N3O2S. The summed E-state index contributed by atoms with van der Waals surface area (Å²) in [7, 11) is 0.222. The van der Waals surface area contributed by atoms with Crippen molar-refractivity contribution in [3.8, 4) is 0 Å². The summed E-state index contributed by atoms with van der Waals surface area (Å²) in [4.78, 5) is 0.292. The summed E-state index contributed by atoms with van der Waals surface area (Å²) in [5.41, 5.74) is 3.58. The zero-order valence-corrected chi connectivity index (χ0v) is 10.8. The molecule has 2 rings (SSSR count). The first-order valence-corrected chi connectivity index (χ1v) is 7.03. The monoisotopic (exact) mass is 255 g/mol. The zero-order valence-electron chi connectivity index (χ0n) is 9.97. The first kappa shape index (κ1) is 12.3. The molecule has 0 unspecified atom stereocenters. The molecule has 94 valence electrons. The van der Waals surface area contributed by atoms with Gasteiger partial charge in [0.15, 0.2) is 0 Å². The van der Waals surface area contributed by atoms with Crippen molar-refractivity contribution in [1.82, 2.24) is 9.73 Å². The first-order valence-electron chi connectivity index (χ1n) is 5.54. The van der Waals surface area contributed by atoms with E-state index in [4.69, 9.17) is 0 Å². The van der Waals surface area contributed by atoms with Gasteiger partial charge in [0.2, 0.25) is 10.0 Å². The number of nitrogens with zero attached hydrogens (tertiary/aromatic N) is 1. The van der Waals surface area contributed by atoms with Crippen molar-refractivity contribution in [1.29, 1.82) is 0 Å². The SMILES string of the molecule is CN(C)Nc1ccccc1S(=O)(=O)NC1CC1. The number of benzene rings is 1. The minimum Gasteiger partial charge on any atom is -0.318 e. The van der Waals surface area contributed by atoms with Gasteiger partial charge in [-0.1, -0.05) is 12.1 Å². The lowest BCUT2D eigenvalue weighted by atomic mass is 10.3. The van der Waals surface area contributed by atoms with Gasteiger partial charge < -0.3 is 5.43 Å². The fourth-order valence-electron chi connectivity index (χ4n) is 1.52. The van der Waals surface area contributed by atoms with Crippen LogP contribution in [0.3, 0.4) is 0 Å². The van der Waals surface area contributed by atoms with Crippen LogP contribution in [-0.2, 0) is 10.0 Å². The van der Waals surface area contributed by atoms with E-state index in [9.17, 15) is 8.42 Å². The number of para-hydroxylation sites is 1. The Morgan fingerprint density at radius 3 is 2.47 bits per heavy atom. The van der Waals surface area contributed by atoms with Crippen LogP contribution in [0.25, 0.3) is 0 Å². The molecule has 1 aliphatic rings. The molecule has 0 amide bonds. The van der Waals surface area contributed by atoms with Crippen molar-refractivity contribution >= 4 is 15.7 Å². The van der Waals surface area contributed by atoms with Crippen LogP contribution in [0.1, 0.15) is 12.8 Å². The van der Waals surface area contributed by atoms with Crippen LogP contribution in [0.2, 0.25) is 0 Å². The molecule has 2 N–H and O–H groups in total. The minimum absolute atomic E-state index is 0.118. The Balaban J connectivity index is 2.29. The second-order valence-corrected chi connectivity index (χ2v) is 6.08. The van der Waals surface area contributed by atoms with Gasteiger partial charge in [0, 0.05) is 20.1 Å². The van der Waals surface area contributed by atoms with Crippen molar-refractivity contribution < 1.29 is 8.42 Å². The Labute approximate surface area is 102 Å². The summed E-state index contributed by atoms with van der Waals surface area (Å²) >= 11 is 0. The molecule has 0 bridgehead atoms. The summed E-state index contributed by atoms with van der Waals surface area (Å²) in [6.45, 7) is 0. The number of nitrogens with one attached hydrogen (secondary N) is 2. The summed E-state index contributed by atoms with van der Waals surface area (Å²) in [6, 6.07) is 7.01. The number of sulfonamides is 1. The molecule has 1 aromatic carbocycles. The Morgan fingerprint density at radius 2 is 1.88 bits per heavy atom. The molecule has 0 spiro atoms. The standard InChI is InChI=1S/C11H17N3O2S/c1-14(2)12-10-5-3-4-6-11(10)17(15,16)13-9-7-8-9/h3-6,9,12-13H,7-8H2,1-2H3. The van der Waals surface area contributed by atoms with Crippen LogP contribution in [0.4, 0.5) is 5.69 Å². The third-order valence-corrected chi connectivity index (χ3v) is 4.00. The van der Waals surface area contributed by atoms with Crippen LogP contribution >= 0.6 is 0 Å². The number of anilines is 1. The Morgan fingerprint density at radius 1 is 1.24 bits per heavy atom. The number of hydrazine groups is 1. The maximum Gasteiger partial charge on any atom is 0.242 e. The van der Waals surface area contributed by atoms with Gasteiger partial charge in [-0.25, -0.2) is 18.1 Å². The van der Waals surface area contributed by atoms with E-state index in [2.05, 4.69) is 10.1 Å². The van der Waals surface area contributed by atoms with E-state index in [0.717, 1.165) is 12.8 Å². The Bertz CT molecular complexity index is 495. The zero-order chi connectivity index (χ0) is 12.5. The van der Waals surface area contributed by atoms with E-state index in [1.54, 1.807) is 23.2 Å². The van der Waals surface area contributed by atoms with Gasteiger partial charge in [-0.05, 0) is 25.0 Å². The van der Waals surface area contributed by atoms with Crippen LogP contribution < -0.4 is 10.1 Å². The summed E-state index contributed by atoms with van der Waals surface area (Å²) in [5.74, 6) is 0. The van der Waals surface area contributed by atoms with Crippen LogP contribution in [0.5, 0.6) is 0 Å². The van der Waals surface area contributed by atoms with Gasteiger partial charge >= 0.3 is 0 Å². The fourth-order valence-corrected chi connectivity index (χ4v) is 2.98. The Hall–Kier alpha value is -1.11. The number of hydrogen-bond acceptors (Lipinski definition) is 4. The van der Waals surface area contributed by atoms with Gasteiger partial charge in [-0.15, -0.1) is 0 Å². The van der Waals surface area contributed by atoms with Gasteiger partial charge in [0.25, 0.3) is 0 Å². The minimum atomic E-state index is -3.41. The fraction of sp³-hybridized carbons (Fsp3) is 0.455. The van der Waals surface area contributed by atoms with Crippen molar-refractivity contribution in [2.75, 3.05) is 19.5 Å². The summed E-state index contributed by atoms with van der Waals surface area (Å²) in [5, 5.41) is 1.71. The molecular weight excluding hydrogens is 238 g/mol. The topological polar surface area (TPSA) is 61.4 Å². The van der Waals surface area contributed by atoms with Crippen molar-refractivity contribution in [2.45, 2.75) is 23.8 Å². The van der Waals surface area contributed by atoms with Gasteiger partial charge in [0.05, 0.1) is 5.69 Å². The van der Waals surface area contributed by atoms with Crippen molar-refractivity contribution in [3.63, 3.8) is 0 Å². The average molecular weight is 255 g/mol. The molecule has 1 aliphatic carbocycles. The molecule has 6 heteroatoms. The normalized spacial score (nSPS) is 16.2. The smallest absolute Gasteiger partial charge is 0.242 e. The van der Waals surface area contributed by atoms with Crippen LogP contribution in [-0.4, -0.2) is 33.6 Å².